The molecule has 0 saturated carbocycles. The van der Waals surface area contributed by atoms with Crippen LogP contribution < -0.4 is 4.74 Å². The standard InChI is InChI=1S/C20H17Cl2F3N2O2/c21-14-6-5-13(17(22)10-14)12-27-19-11-15(29-20(23,24)25)7-8-16(19)18(26-27)4-2-1-3-9-28/h2,4-8,10-11,28H,1,3,9,12H2/b4-2+. The highest BCUT2D eigenvalue weighted by Gasteiger charge is 2.31. The number of benzene rings is 2. The van der Waals surface area contributed by atoms with Gasteiger partial charge >= 0.3 is 6.36 Å². The number of halogens is 5. The van der Waals surface area contributed by atoms with Crippen LogP contribution in [-0.2, 0) is 6.54 Å². The molecule has 3 aromatic rings. The van der Waals surface area contributed by atoms with Crippen LogP contribution in [0, 0.1) is 0 Å². The molecule has 1 N–H and O–H groups in total. The lowest BCUT2D eigenvalue weighted by molar-refractivity contribution is -0.274. The monoisotopic (exact) mass is 444 g/mol. The van der Waals surface area contributed by atoms with Crippen molar-refractivity contribution in [2.24, 2.45) is 0 Å². The maximum atomic E-state index is 12.6. The zero-order valence-electron chi connectivity index (χ0n) is 15.1. The Bertz CT molecular complexity index is 1030. The van der Waals surface area contributed by atoms with Crippen molar-refractivity contribution in [3.8, 4) is 5.75 Å². The molecule has 0 amide bonds. The molecule has 29 heavy (non-hydrogen) atoms. The second-order valence-electron chi connectivity index (χ2n) is 6.27. The Kier molecular flexibility index (Phi) is 6.72. The van der Waals surface area contributed by atoms with E-state index in [0.717, 1.165) is 5.56 Å². The van der Waals surface area contributed by atoms with E-state index in [2.05, 4.69) is 9.84 Å². The molecular weight excluding hydrogens is 428 g/mol. The number of ether oxygens (including phenoxy) is 1. The summed E-state index contributed by atoms with van der Waals surface area (Å²) in [5.74, 6) is -0.329. The number of nitrogens with zero attached hydrogens (tertiary/aromatic N) is 2. The molecule has 0 spiro atoms. The predicted molar refractivity (Wildman–Crippen MR) is 107 cm³/mol. The van der Waals surface area contributed by atoms with Crippen molar-refractivity contribution in [2.75, 3.05) is 6.61 Å². The number of aromatic nitrogens is 2. The van der Waals surface area contributed by atoms with Gasteiger partial charge in [0, 0.05) is 28.1 Å². The van der Waals surface area contributed by atoms with Crippen molar-refractivity contribution in [3.05, 3.63) is 63.8 Å². The molecule has 0 bridgehead atoms. The Labute approximate surface area is 175 Å². The summed E-state index contributed by atoms with van der Waals surface area (Å²) in [6.07, 6.45) is 0.118. The van der Waals surface area contributed by atoms with E-state index in [9.17, 15) is 13.2 Å². The van der Waals surface area contributed by atoms with E-state index < -0.39 is 6.36 Å². The first kappa shape index (κ1) is 21.5. The van der Waals surface area contributed by atoms with Crippen LogP contribution in [0.3, 0.4) is 0 Å². The molecule has 0 aliphatic carbocycles. The molecule has 0 atom stereocenters. The maximum Gasteiger partial charge on any atom is 0.573 e. The molecule has 154 valence electrons. The molecule has 0 radical (unpaired) electrons. The van der Waals surface area contributed by atoms with Crippen LogP contribution in [0.25, 0.3) is 17.0 Å². The van der Waals surface area contributed by atoms with Gasteiger partial charge in [0.1, 0.15) is 5.75 Å². The van der Waals surface area contributed by atoms with Crippen LogP contribution in [-0.4, -0.2) is 27.9 Å². The third-order valence-corrected chi connectivity index (χ3v) is 4.71. The number of hydrogen-bond acceptors (Lipinski definition) is 3. The van der Waals surface area contributed by atoms with Gasteiger partial charge in [-0.15, -0.1) is 13.2 Å². The highest BCUT2D eigenvalue weighted by Crippen LogP contribution is 2.30. The first-order chi connectivity index (χ1) is 13.8. The summed E-state index contributed by atoms with van der Waals surface area (Å²) in [5.41, 5.74) is 1.79. The zero-order valence-corrected chi connectivity index (χ0v) is 16.6. The lowest BCUT2D eigenvalue weighted by Crippen LogP contribution is -2.17. The molecule has 0 aliphatic rings. The van der Waals surface area contributed by atoms with E-state index in [1.54, 1.807) is 29.0 Å². The first-order valence-electron chi connectivity index (χ1n) is 8.74. The summed E-state index contributed by atoms with van der Waals surface area (Å²) in [7, 11) is 0. The molecule has 0 unspecified atom stereocenters. The Morgan fingerprint density at radius 1 is 1.14 bits per heavy atom. The minimum atomic E-state index is -4.79. The van der Waals surface area contributed by atoms with Gasteiger partial charge in [-0.3, -0.25) is 4.68 Å². The second kappa shape index (κ2) is 9.07. The summed E-state index contributed by atoms with van der Waals surface area (Å²) in [5, 5.41) is 15.0. The number of aliphatic hydroxyl groups excluding tert-OH is 1. The Morgan fingerprint density at radius 2 is 1.93 bits per heavy atom. The second-order valence-corrected chi connectivity index (χ2v) is 7.12. The predicted octanol–water partition coefficient (Wildman–Crippen LogP) is 6.08. The number of rotatable bonds is 7. The quantitative estimate of drug-likeness (QED) is 0.449. The summed E-state index contributed by atoms with van der Waals surface area (Å²) in [6.45, 7) is 0.319. The minimum Gasteiger partial charge on any atom is -0.406 e. The Hall–Kier alpha value is -2.22. The number of fused-ring (bicyclic) bond motifs is 1. The maximum absolute atomic E-state index is 12.6. The van der Waals surface area contributed by atoms with E-state index in [0.29, 0.717) is 39.5 Å². The summed E-state index contributed by atoms with van der Waals surface area (Å²) in [6, 6.07) is 9.10. The number of hydrogen-bond donors (Lipinski definition) is 1. The van der Waals surface area contributed by atoms with Crippen LogP contribution in [0.1, 0.15) is 24.1 Å². The Morgan fingerprint density at radius 3 is 2.62 bits per heavy atom. The molecular formula is C20H17Cl2F3N2O2. The minimum absolute atomic E-state index is 0.0761. The number of allylic oxidation sites excluding steroid dienone is 1. The van der Waals surface area contributed by atoms with Gasteiger partial charge in [0.25, 0.3) is 0 Å². The molecule has 0 fully saturated rings. The molecule has 2 aromatic carbocycles. The van der Waals surface area contributed by atoms with E-state index >= 15 is 0 Å². The van der Waals surface area contributed by atoms with Crippen molar-refractivity contribution in [1.29, 1.82) is 0 Å². The van der Waals surface area contributed by atoms with Crippen LogP contribution in [0.5, 0.6) is 5.75 Å². The van der Waals surface area contributed by atoms with Crippen molar-refractivity contribution in [2.45, 2.75) is 25.7 Å². The van der Waals surface area contributed by atoms with Crippen molar-refractivity contribution >= 4 is 40.2 Å². The fourth-order valence-electron chi connectivity index (χ4n) is 2.84. The molecule has 0 aliphatic heterocycles. The van der Waals surface area contributed by atoms with Gasteiger partial charge in [-0.05, 0) is 48.7 Å². The average molecular weight is 445 g/mol. The molecule has 0 saturated heterocycles. The zero-order chi connectivity index (χ0) is 21.0. The summed E-state index contributed by atoms with van der Waals surface area (Å²) >= 11 is 12.2. The van der Waals surface area contributed by atoms with E-state index in [1.807, 2.05) is 6.08 Å². The van der Waals surface area contributed by atoms with Gasteiger partial charge in [0.15, 0.2) is 0 Å². The van der Waals surface area contributed by atoms with Crippen LogP contribution in [0.4, 0.5) is 13.2 Å². The van der Waals surface area contributed by atoms with Gasteiger partial charge < -0.3 is 9.84 Å². The van der Waals surface area contributed by atoms with E-state index in [4.69, 9.17) is 28.3 Å². The molecule has 1 heterocycles. The summed E-state index contributed by atoms with van der Waals surface area (Å²) in [4.78, 5) is 0. The number of aliphatic hydroxyl groups is 1. The molecule has 4 nitrogen and oxygen atoms in total. The highest BCUT2D eigenvalue weighted by molar-refractivity contribution is 6.35. The third kappa shape index (κ3) is 5.65. The fraction of sp³-hybridized carbons (Fsp3) is 0.250. The molecule has 3 rings (SSSR count). The summed E-state index contributed by atoms with van der Waals surface area (Å²) < 4.78 is 43.5. The van der Waals surface area contributed by atoms with Crippen molar-refractivity contribution < 1.29 is 23.0 Å². The Balaban J connectivity index is 2.02. The average Bonchev–Trinajstić information content (AvgIpc) is 2.97. The fourth-order valence-corrected chi connectivity index (χ4v) is 3.30. The van der Waals surface area contributed by atoms with Crippen molar-refractivity contribution in [1.82, 2.24) is 9.78 Å². The normalized spacial score (nSPS) is 12.2. The number of alkyl halides is 3. The van der Waals surface area contributed by atoms with Gasteiger partial charge in [0.05, 0.1) is 17.8 Å². The van der Waals surface area contributed by atoms with E-state index in [-0.39, 0.29) is 18.9 Å². The van der Waals surface area contributed by atoms with Crippen LogP contribution in [0.2, 0.25) is 10.0 Å². The largest absolute Gasteiger partial charge is 0.573 e. The van der Waals surface area contributed by atoms with E-state index in [1.165, 1.54) is 18.2 Å². The van der Waals surface area contributed by atoms with Crippen LogP contribution in [0.15, 0.2) is 42.5 Å². The van der Waals surface area contributed by atoms with Gasteiger partial charge in [-0.1, -0.05) is 35.3 Å². The SMILES string of the molecule is OCCC/C=C/c1nn(Cc2ccc(Cl)cc2Cl)c2cc(OC(F)(F)F)ccc12. The van der Waals surface area contributed by atoms with Gasteiger partial charge in [-0.2, -0.15) is 5.10 Å². The molecule has 1 aromatic heterocycles. The molecule has 9 heteroatoms. The lowest BCUT2D eigenvalue weighted by atomic mass is 10.1. The van der Waals surface area contributed by atoms with Crippen LogP contribution >= 0.6 is 23.2 Å². The first-order valence-corrected chi connectivity index (χ1v) is 9.50. The smallest absolute Gasteiger partial charge is 0.406 e. The van der Waals surface area contributed by atoms with Crippen molar-refractivity contribution in [3.63, 3.8) is 0 Å². The van der Waals surface area contributed by atoms with Gasteiger partial charge in [0.2, 0.25) is 0 Å². The topological polar surface area (TPSA) is 47.3 Å². The third-order valence-electron chi connectivity index (χ3n) is 4.13. The lowest BCUT2D eigenvalue weighted by Gasteiger charge is -2.10. The number of unbranched alkanes of at least 4 members (excludes halogenated alkanes) is 1. The highest BCUT2D eigenvalue weighted by atomic mass is 35.5. The van der Waals surface area contributed by atoms with Gasteiger partial charge in [-0.25, -0.2) is 0 Å².